The monoisotopic (exact) mass is 287 g/mol. The van der Waals surface area contributed by atoms with Gasteiger partial charge in [-0.15, -0.1) is 0 Å². The van der Waals surface area contributed by atoms with Crippen LogP contribution in [0.4, 0.5) is 0 Å². The molecule has 4 heteroatoms. The van der Waals surface area contributed by atoms with Gasteiger partial charge in [0, 0.05) is 13.0 Å². The number of fused-ring (bicyclic) bond motifs is 2. The number of hydrogen-bond donors (Lipinski definition) is 0. The highest BCUT2D eigenvalue weighted by Crippen LogP contribution is 2.54. The van der Waals surface area contributed by atoms with E-state index in [1.165, 1.54) is 6.42 Å². The van der Waals surface area contributed by atoms with Crippen molar-refractivity contribution in [2.75, 3.05) is 20.2 Å². The zero-order valence-electron chi connectivity index (χ0n) is 12.3. The molecule has 2 saturated carbocycles. The van der Waals surface area contributed by atoms with Crippen LogP contribution < -0.4 is 9.47 Å². The lowest BCUT2D eigenvalue weighted by atomic mass is 10.0. The molecule has 0 spiro atoms. The summed E-state index contributed by atoms with van der Waals surface area (Å²) in [5, 5.41) is 0. The summed E-state index contributed by atoms with van der Waals surface area (Å²) in [5.74, 6) is 3.78. The Kier molecular flexibility index (Phi) is 3.05. The lowest BCUT2D eigenvalue weighted by Gasteiger charge is -2.30. The minimum Gasteiger partial charge on any atom is -0.486 e. The van der Waals surface area contributed by atoms with Crippen molar-refractivity contribution in [3.05, 3.63) is 24.3 Å². The number of para-hydroxylation sites is 2. The van der Waals surface area contributed by atoms with Gasteiger partial charge in [-0.1, -0.05) is 12.1 Å². The molecule has 0 radical (unpaired) electrons. The van der Waals surface area contributed by atoms with Crippen molar-refractivity contribution in [2.45, 2.75) is 25.4 Å². The number of benzene rings is 1. The van der Waals surface area contributed by atoms with E-state index in [-0.39, 0.29) is 17.9 Å². The summed E-state index contributed by atoms with van der Waals surface area (Å²) in [5.41, 5.74) is 0. The molecule has 21 heavy (non-hydrogen) atoms. The Bertz CT molecular complexity index is 549. The van der Waals surface area contributed by atoms with Crippen LogP contribution in [0.2, 0.25) is 0 Å². The number of ether oxygens (including phenoxy) is 2. The fraction of sp³-hybridized carbons (Fsp3) is 0.588. The normalized spacial score (nSPS) is 32.4. The van der Waals surface area contributed by atoms with E-state index in [0.717, 1.165) is 36.2 Å². The number of nitrogens with zero attached hydrogens (tertiary/aromatic N) is 1. The van der Waals surface area contributed by atoms with Crippen LogP contribution in [0, 0.1) is 17.8 Å². The highest BCUT2D eigenvalue weighted by atomic mass is 16.6. The maximum absolute atomic E-state index is 12.5. The zero-order valence-corrected chi connectivity index (χ0v) is 12.3. The summed E-state index contributed by atoms with van der Waals surface area (Å²) < 4.78 is 11.6. The second-order valence-corrected chi connectivity index (χ2v) is 6.64. The molecule has 2 fully saturated rings. The van der Waals surface area contributed by atoms with Gasteiger partial charge in [0.05, 0.1) is 6.54 Å². The van der Waals surface area contributed by atoms with E-state index in [1.54, 1.807) is 0 Å². The molecule has 1 aromatic carbocycles. The van der Waals surface area contributed by atoms with Crippen molar-refractivity contribution in [2.24, 2.45) is 17.8 Å². The molecule has 1 aliphatic heterocycles. The number of amides is 1. The maximum Gasteiger partial charge on any atom is 0.225 e. The first-order valence-corrected chi connectivity index (χ1v) is 7.84. The topological polar surface area (TPSA) is 38.8 Å². The Morgan fingerprint density at radius 2 is 1.90 bits per heavy atom. The summed E-state index contributed by atoms with van der Waals surface area (Å²) in [6.07, 6.45) is 3.46. The smallest absolute Gasteiger partial charge is 0.225 e. The van der Waals surface area contributed by atoms with E-state index in [9.17, 15) is 4.79 Å². The number of carbonyl (C=O) groups excluding carboxylic acids is 1. The molecule has 3 unspecified atom stereocenters. The molecule has 112 valence electrons. The standard InChI is InChI=1S/C17H21NO3/c1-18(17(19)13-7-11-6-12(11)8-13)9-14-10-20-15-4-2-3-5-16(15)21-14/h2-5,11-14H,6-10H2,1H3. The Hall–Kier alpha value is -1.71. The number of likely N-dealkylation sites (N-methyl/N-ethyl adjacent to an activating group) is 1. The van der Waals surface area contributed by atoms with Crippen molar-refractivity contribution >= 4 is 5.91 Å². The van der Waals surface area contributed by atoms with E-state index in [2.05, 4.69) is 0 Å². The van der Waals surface area contributed by atoms with Gasteiger partial charge in [-0.3, -0.25) is 4.79 Å². The molecule has 0 aromatic heterocycles. The largest absolute Gasteiger partial charge is 0.486 e. The molecular weight excluding hydrogens is 266 g/mol. The maximum atomic E-state index is 12.5. The van der Waals surface area contributed by atoms with Crippen molar-refractivity contribution in [1.29, 1.82) is 0 Å². The number of rotatable bonds is 3. The summed E-state index contributed by atoms with van der Waals surface area (Å²) in [4.78, 5) is 14.3. The summed E-state index contributed by atoms with van der Waals surface area (Å²) in [6.45, 7) is 1.10. The van der Waals surface area contributed by atoms with Crippen molar-refractivity contribution in [3.63, 3.8) is 0 Å². The molecule has 2 aliphatic carbocycles. The lowest BCUT2D eigenvalue weighted by Crippen LogP contribution is -2.43. The van der Waals surface area contributed by atoms with Crippen LogP contribution in [0.5, 0.6) is 11.5 Å². The molecule has 1 amide bonds. The first-order chi connectivity index (χ1) is 10.2. The number of hydrogen-bond acceptors (Lipinski definition) is 3. The minimum absolute atomic E-state index is 0.0789. The van der Waals surface area contributed by atoms with Gasteiger partial charge in [-0.05, 0) is 43.2 Å². The van der Waals surface area contributed by atoms with Gasteiger partial charge in [0.2, 0.25) is 5.91 Å². The van der Waals surface area contributed by atoms with Gasteiger partial charge in [0.25, 0.3) is 0 Å². The molecule has 3 aliphatic rings. The third kappa shape index (κ3) is 2.47. The second kappa shape index (κ2) is 4.93. The van der Waals surface area contributed by atoms with Crippen LogP contribution in [0.3, 0.4) is 0 Å². The summed E-state index contributed by atoms with van der Waals surface area (Å²) >= 11 is 0. The van der Waals surface area contributed by atoms with Gasteiger partial charge < -0.3 is 14.4 Å². The highest BCUT2D eigenvalue weighted by molar-refractivity contribution is 5.79. The third-order valence-corrected chi connectivity index (χ3v) is 5.01. The van der Waals surface area contributed by atoms with E-state index in [0.29, 0.717) is 13.2 Å². The van der Waals surface area contributed by atoms with E-state index < -0.39 is 0 Å². The second-order valence-electron chi connectivity index (χ2n) is 6.64. The van der Waals surface area contributed by atoms with Gasteiger partial charge >= 0.3 is 0 Å². The molecule has 0 N–H and O–H groups in total. The molecular formula is C17H21NO3. The molecule has 0 bridgehead atoms. The van der Waals surface area contributed by atoms with Crippen molar-refractivity contribution in [1.82, 2.24) is 4.90 Å². The highest BCUT2D eigenvalue weighted by Gasteiger charge is 2.48. The minimum atomic E-state index is -0.0789. The fourth-order valence-corrected chi connectivity index (χ4v) is 3.78. The lowest BCUT2D eigenvalue weighted by molar-refractivity contribution is -0.135. The molecule has 1 heterocycles. The van der Waals surface area contributed by atoms with Gasteiger partial charge in [-0.2, -0.15) is 0 Å². The van der Waals surface area contributed by atoms with Crippen LogP contribution in [0.15, 0.2) is 24.3 Å². The Morgan fingerprint density at radius 3 is 2.67 bits per heavy atom. The van der Waals surface area contributed by atoms with E-state index in [1.807, 2.05) is 36.2 Å². The molecule has 3 atom stereocenters. The Labute approximate surface area is 125 Å². The van der Waals surface area contributed by atoms with Crippen molar-refractivity contribution in [3.8, 4) is 11.5 Å². The Morgan fingerprint density at radius 1 is 1.19 bits per heavy atom. The van der Waals surface area contributed by atoms with Gasteiger partial charge in [0.1, 0.15) is 6.61 Å². The van der Waals surface area contributed by atoms with Crippen LogP contribution >= 0.6 is 0 Å². The third-order valence-electron chi connectivity index (χ3n) is 5.01. The average molecular weight is 287 g/mol. The molecule has 1 aromatic rings. The molecule has 4 nitrogen and oxygen atoms in total. The average Bonchev–Trinajstić information content (AvgIpc) is 3.12. The quantitative estimate of drug-likeness (QED) is 0.856. The Balaban J connectivity index is 1.34. The SMILES string of the molecule is CN(CC1COc2ccccc2O1)C(=O)C1CC2CC2C1. The first kappa shape index (κ1) is 13.0. The first-order valence-electron chi connectivity index (χ1n) is 7.84. The van der Waals surface area contributed by atoms with Crippen molar-refractivity contribution < 1.29 is 14.3 Å². The molecule has 0 saturated heterocycles. The van der Waals surface area contributed by atoms with Crippen LogP contribution in [-0.4, -0.2) is 37.1 Å². The van der Waals surface area contributed by atoms with Crippen LogP contribution in [-0.2, 0) is 4.79 Å². The fourth-order valence-electron chi connectivity index (χ4n) is 3.78. The predicted molar refractivity (Wildman–Crippen MR) is 78.3 cm³/mol. The van der Waals surface area contributed by atoms with E-state index in [4.69, 9.17) is 9.47 Å². The van der Waals surface area contributed by atoms with Gasteiger partial charge in [0.15, 0.2) is 17.6 Å². The zero-order chi connectivity index (χ0) is 14.4. The van der Waals surface area contributed by atoms with Crippen LogP contribution in [0.25, 0.3) is 0 Å². The van der Waals surface area contributed by atoms with Gasteiger partial charge in [-0.25, -0.2) is 0 Å². The predicted octanol–water partition coefficient (Wildman–Crippen LogP) is 2.33. The molecule has 4 rings (SSSR count). The summed E-state index contributed by atoms with van der Waals surface area (Å²) in [6, 6.07) is 7.69. The number of carbonyl (C=O) groups is 1. The summed E-state index contributed by atoms with van der Waals surface area (Å²) in [7, 11) is 1.89. The van der Waals surface area contributed by atoms with E-state index >= 15 is 0 Å². The van der Waals surface area contributed by atoms with Crippen LogP contribution in [0.1, 0.15) is 19.3 Å².